The molecule has 2 aliphatic rings. The first kappa shape index (κ1) is 22.2. The van der Waals surface area contributed by atoms with Gasteiger partial charge in [-0.15, -0.1) is 24.0 Å². The zero-order chi connectivity index (χ0) is 18.5. The summed E-state index contributed by atoms with van der Waals surface area (Å²) in [6, 6.07) is 0. The summed E-state index contributed by atoms with van der Waals surface area (Å²) in [7, 11) is 0. The third-order valence-electron chi connectivity index (χ3n) is 5.32. The van der Waals surface area contributed by atoms with Crippen molar-refractivity contribution in [3.05, 3.63) is 16.3 Å². The van der Waals surface area contributed by atoms with Crippen LogP contribution < -0.4 is 11.0 Å². The molecule has 7 nitrogen and oxygen atoms in total. The van der Waals surface area contributed by atoms with Crippen LogP contribution in [-0.2, 0) is 19.5 Å². The zero-order valence-corrected chi connectivity index (χ0v) is 19.3. The van der Waals surface area contributed by atoms with Gasteiger partial charge in [-0.2, -0.15) is 5.10 Å². The summed E-state index contributed by atoms with van der Waals surface area (Å²) in [5, 5.41) is 7.94. The van der Waals surface area contributed by atoms with E-state index in [1.165, 1.54) is 6.42 Å². The number of aliphatic imine (C=N–C) groups is 1. The molecule has 1 aromatic heterocycles. The van der Waals surface area contributed by atoms with Crippen LogP contribution in [0.15, 0.2) is 9.79 Å². The van der Waals surface area contributed by atoms with E-state index >= 15 is 0 Å². The second kappa shape index (κ2) is 10.5. The number of rotatable bonds is 5. The topological polar surface area (TPSA) is 67.5 Å². The van der Waals surface area contributed by atoms with E-state index < -0.39 is 0 Å². The molecule has 0 saturated carbocycles. The standard InChI is InChI=1S/C19H34N6O.HI/c1-4-20-18(23-13-15(2)12-16(3)14-23)21-9-7-11-25-19(26)24-10-6-5-8-17(24)22-25;/h15-16H,4-14H2,1-3H3,(H,20,21);1H. The number of fused-ring (bicyclic) bond motifs is 1. The fourth-order valence-electron chi connectivity index (χ4n) is 4.26. The molecule has 1 fully saturated rings. The van der Waals surface area contributed by atoms with Gasteiger partial charge >= 0.3 is 5.69 Å². The van der Waals surface area contributed by atoms with E-state index in [1.807, 2.05) is 4.57 Å². The highest BCUT2D eigenvalue weighted by Gasteiger charge is 2.24. The Morgan fingerprint density at radius 2 is 2.00 bits per heavy atom. The summed E-state index contributed by atoms with van der Waals surface area (Å²) >= 11 is 0. The Bertz CT molecular complexity index is 672. The van der Waals surface area contributed by atoms with Crippen molar-refractivity contribution in [3.63, 3.8) is 0 Å². The molecule has 3 rings (SSSR count). The van der Waals surface area contributed by atoms with E-state index in [0.717, 1.165) is 70.2 Å². The molecule has 2 aliphatic heterocycles. The van der Waals surface area contributed by atoms with Gasteiger partial charge in [-0.1, -0.05) is 13.8 Å². The van der Waals surface area contributed by atoms with Gasteiger partial charge in [-0.3, -0.25) is 9.56 Å². The highest BCUT2D eigenvalue weighted by Crippen LogP contribution is 2.20. The Balaban J connectivity index is 0.00000261. The number of aromatic nitrogens is 3. The molecule has 1 aromatic rings. The number of nitrogens with one attached hydrogen (secondary N) is 1. The number of aryl methyl sites for hydroxylation is 2. The minimum atomic E-state index is 0. The average molecular weight is 490 g/mol. The summed E-state index contributed by atoms with van der Waals surface area (Å²) in [5.41, 5.74) is 0.0502. The molecule has 8 heteroatoms. The molecule has 1 saturated heterocycles. The average Bonchev–Trinajstić information content (AvgIpc) is 2.93. The van der Waals surface area contributed by atoms with Crippen LogP contribution in [0.25, 0.3) is 0 Å². The maximum absolute atomic E-state index is 12.4. The lowest BCUT2D eigenvalue weighted by molar-refractivity contribution is 0.208. The van der Waals surface area contributed by atoms with Crippen LogP contribution in [-0.4, -0.2) is 51.4 Å². The third kappa shape index (κ3) is 5.71. The normalized spacial score (nSPS) is 22.9. The summed E-state index contributed by atoms with van der Waals surface area (Å²) in [6.07, 6.45) is 5.28. The van der Waals surface area contributed by atoms with Crippen molar-refractivity contribution in [1.29, 1.82) is 0 Å². The van der Waals surface area contributed by atoms with Crippen molar-refractivity contribution in [2.45, 2.75) is 66.0 Å². The molecule has 0 spiro atoms. The second-order valence-corrected chi connectivity index (χ2v) is 7.97. The van der Waals surface area contributed by atoms with Gasteiger partial charge in [-0.25, -0.2) is 9.48 Å². The monoisotopic (exact) mass is 490 g/mol. The SMILES string of the molecule is CCNC(=NCCCn1nc2n(c1=O)CCCC2)N1CC(C)CC(C)C1.I. The van der Waals surface area contributed by atoms with Crippen LogP contribution >= 0.6 is 24.0 Å². The van der Waals surface area contributed by atoms with Crippen LogP contribution in [0.4, 0.5) is 0 Å². The lowest BCUT2D eigenvalue weighted by Gasteiger charge is -2.37. The number of piperidine rings is 1. The molecule has 3 heterocycles. The lowest BCUT2D eigenvalue weighted by atomic mass is 9.92. The molecule has 2 unspecified atom stereocenters. The molecule has 0 aromatic carbocycles. The summed E-state index contributed by atoms with van der Waals surface area (Å²) in [5.74, 6) is 3.38. The van der Waals surface area contributed by atoms with Gasteiger partial charge in [0.05, 0.1) is 0 Å². The van der Waals surface area contributed by atoms with E-state index in [9.17, 15) is 4.79 Å². The summed E-state index contributed by atoms with van der Waals surface area (Å²) in [6.45, 7) is 12.0. The van der Waals surface area contributed by atoms with Crippen LogP contribution in [0.3, 0.4) is 0 Å². The van der Waals surface area contributed by atoms with Gasteiger partial charge in [0, 0.05) is 45.7 Å². The molecule has 154 valence electrons. The molecule has 2 atom stereocenters. The predicted octanol–water partition coefficient (Wildman–Crippen LogP) is 2.33. The van der Waals surface area contributed by atoms with E-state index in [0.29, 0.717) is 18.4 Å². The number of hydrogen-bond donors (Lipinski definition) is 1. The van der Waals surface area contributed by atoms with Gasteiger partial charge in [0.25, 0.3) is 0 Å². The quantitative estimate of drug-likeness (QED) is 0.298. The number of guanidine groups is 1. The highest BCUT2D eigenvalue weighted by atomic mass is 127. The van der Waals surface area contributed by atoms with Crippen LogP contribution in [0.1, 0.15) is 52.3 Å². The lowest BCUT2D eigenvalue weighted by Crippen LogP contribution is -2.48. The van der Waals surface area contributed by atoms with Crippen molar-refractivity contribution in [1.82, 2.24) is 24.6 Å². The first-order valence-corrected chi connectivity index (χ1v) is 10.3. The second-order valence-electron chi connectivity index (χ2n) is 7.97. The third-order valence-corrected chi connectivity index (χ3v) is 5.32. The molecular formula is C19H35IN6O. The fourth-order valence-corrected chi connectivity index (χ4v) is 4.26. The summed E-state index contributed by atoms with van der Waals surface area (Å²) < 4.78 is 3.47. The number of nitrogens with zero attached hydrogens (tertiary/aromatic N) is 5. The van der Waals surface area contributed by atoms with Crippen molar-refractivity contribution in [3.8, 4) is 0 Å². The molecule has 0 bridgehead atoms. The van der Waals surface area contributed by atoms with Crippen LogP contribution in [0, 0.1) is 11.8 Å². The largest absolute Gasteiger partial charge is 0.357 e. The Morgan fingerprint density at radius 3 is 2.67 bits per heavy atom. The Morgan fingerprint density at radius 1 is 1.26 bits per heavy atom. The minimum absolute atomic E-state index is 0. The van der Waals surface area contributed by atoms with Gasteiger partial charge in [-0.05, 0) is 44.4 Å². The van der Waals surface area contributed by atoms with Crippen LogP contribution in [0.5, 0.6) is 0 Å². The van der Waals surface area contributed by atoms with Gasteiger partial charge in [0.2, 0.25) is 0 Å². The molecule has 0 aliphatic carbocycles. The van der Waals surface area contributed by atoms with E-state index in [4.69, 9.17) is 4.99 Å². The number of likely N-dealkylation sites (tertiary alicyclic amines) is 1. The molecule has 0 radical (unpaired) electrons. The maximum atomic E-state index is 12.4. The number of hydrogen-bond acceptors (Lipinski definition) is 3. The predicted molar refractivity (Wildman–Crippen MR) is 120 cm³/mol. The molecular weight excluding hydrogens is 455 g/mol. The number of halogens is 1. The van der Waals surface area contributed by atoms with E-state index in [-0.39, 0.29) is 29.7 Å². The zero-order valence-electron chi connectivity index (χ0n) is 17.0. The van der Waals surface area contributed by atoms with Gasteiger partial charge in [0.15, 0.2) is 5.96 Å². The molecule has 1 N–H and O–H groups in total. The first-order chi connectivity index (χ1) is 12.6. The Kier molecular flexibility index (Phi) is 8.62. The Hall–Kier alpha value is -1.06. The fraction of sp³-hybridized carbons (Fsp3) is 0.842. The van der Waals surface area contributed by atoms with Crippen molar-refractivity contribution >= 4 is 29.9 Å². The molecule has 27 heavy (non-hydrogen) atoms. The van der Waals surface area contributed by atoms with Gasteiger partial charge < -0.3 is 10.2 Å². The van der Waals surface area contributed by atoms with E-state index in [1.54, 1.807) is 4.68 Å². The van der Waals surface area contributed by atoms with Crippen molar-refractivity contribution in [2.75, 3.05) is 26.2 Å². The van der Waals surface area contributed by atoms with Gasteiger partial charge in [0.1, 0.15) is 5.82 Å². The highest BCUT2D eigenvalue weighted by molar-refractivity contribution is 14.0. The maximum Gasteiger partial charge on any atom is 0.345 e. The first-order valence-electron chi connectivity index (χ1n) is 10.3. The van der Waals surface area contributed by atoms with E-state index in [2.05, 4.69) is 36.1 Å². The van der Waals surface area contributed by atoms with Crippen molar-refractivity contribution in [2.24, 2.45) is 16.8 Å². The smallest absolute Gasteiger partial charge is 0.345 e. The summed E-state index contributed by atoms with van der Waals surface area (Å²) in [4.78, 5) is 19.6. The Labute approximate surface area is 179 Å². The minimum Gasteiger partial charge on any atom is -0.357 e. The van der Waals surface area contributed by atoms with Crippen molar-refractivity contribution < 1.29 is 0 Å². The molecule has 0 amide bonds. The van der Waals surface area contributed by atoms with Crippen LogP contribution in [0.2, 0.25) is 0 Å².